The van der Waals surface area contributed by atoms with Crippen LogP contribution in [0.25, 0.3) is 11.5 Å². The maximum Gasteiger partial charge on any atom is 0.335 e. The number of hydrogen-bond acceptors (Lipinski definition) is 5. The van der Waals surface area contributed by atoms with Crippen molar-refractivity contribution in [3.8, 4) is 11.5 Å². The van der Waals surface area contributed by atoms with Crippen molar-refractivity contribution in [3.63, 3.8) is 0 Å². The Labute approximate surface area is 121 Å². The van der Waals surface area contributed by atoms with Gasteiger partial charge in [-0.2, -0.15) is 0 Å². The molecular weight excluding hydrogens is 272 g/mol. The highest BCUT2D eigenvalue weighted by Crippen LogP contribution is 2.21. The van der Waals surface area contributed by atoms with Gasteiger partial charge in [-0.25, -0.2) is 4.79 Å². The van der Waals surface area contributed by atoms with Crippen LogP contribution in [0.4, 0.5) is 0 Å². The van der Waals surface area contributed by atoms with Gasteiger partial charge in [0.05, 0.1) is 18.1 Å². The Morgan fingerprint density at radius 1 is 1.24 bits per heavy atom. The smallest absolute Gasteiger partial charge is 0.335 e. The molecule has 1 aliphatic heterocycles. The van der Waals surface area contributed by atoms with Crippen LogP contribution in [0.2, 0.25) is 0 Å². The van der Waals surface area contributed by atoms with Crippen LogP contribution in [-0.2, 0) is 11.2 Å². The molecule has 0 spiro atoms. The van der Waals surface area contributed by atoms with Crippen molar-refractivity contribution >= 4 is 5.97 Å². The number of aromatic carboxylic acids is 1. The van der Waals surface area contributed by atoms with Crippen LogP contribution in [0.3, 0.4) is 0 Å². The molecule has 0 bridgehead atoms. The van der Waals surface area contributed by atoms with Gasteiger partial charge in [0.25, 0.3) is 0 Å². The summed E-state index contributed by atoms with van der Waals surface area (Å²) in [5.41, 5.74) is 0.942. The maximum absolute atomic E-state index is 10.8. The van der Waals surface area contributed by atoms with E-state index in [9.17, 15) is 4.79 Å². The van der Waals surface area contributed by atoms with Gasteiger partial charge in [-0.15, -0.1) is 10.2 Å². The molecule has 6 heteroatoms. The van der Waals surface area contributed by atoms with Gasteiger partial charge in [0.1, 0.15) is 0 Å². The molecule has 1 aromatic heterocycles. The van der Waals surface area contributed by atoms with Crippen molar-refractivity contribution in [2.75, 3.05) is 6.61 Å². The Morgan fingerprint density at radius 2 is 2.05 bits per heavy atom. The Bertz CT molecular complexity index is 615. The molecule has 1 atom stereocenters. The number of nitrogens with zero attached hydrogens (tertiary/aromatic N) is 2. The first-order chi connectivity index (χ1) is 10.2. The number of ether oxygens (including phenoxy) is 1. The molecule has 6 nitrogen and oxygen atoms in total. The highest BCUT2D eigenvalue weighted by molar-refractivity contribution is 5.88. The first kappa shape index (κ1) is 13.8. The van der Waals surface area contributed by atoms with Crippen LogP contribution in [-0.4, -0.2) is 34.0 Å². The number of carboxylic acids is 1. The Balaban J connectivity index is 1.70. The molecule has 0 amide bonds. The molecule has 1 saturated heterocycles. The number of aromatic nitrogens is 2. The molecule has 0 saturated carbocycles. The molecule has 110 valence electrons. The number of hydrogen-bond donors (Lipinski definition) is 1. The fourth-order valence-electron chi connectivity index (χ4n) is 2.37. The molecule has 2 aromatic rings. The van der Waals surface area contributed by atoms with Crippen molar-refractivity contribution in [3.05, 3.63) is 35.7 Å². The molecule has 3 rings (SSSR count). The van der Waals surface area contributed by atoms with Gasteiger partial charge in [0.2, 0.25) is 11.8 Å². The Morgan fingerprint density at radius 3 is 2.71 bits per heavy atom. The lowest BCUT2D eigenvalue weighted by atomic mass is 10.1. The van der Waals surface area contributed by atoms with Crippen LogP contribution < -0.4 is 0 Å². The Hall–Kier alpha value is -2.21. The second-order valence-electron chi connectivity index (χ2n) is 5.08. The summed E-state index contributed by atoms with van der Waals surface area (Å²) in [5, 5.41) is 16.9. The van der Waals surface area contributed by atoms with Crippen molar-refractivity contribution in [2.45, 2.75) is 31.8 Å². The van der Waals surface area contributed by atoms with E-state index in [2.05, 4.69) is 10.2 Å². The van der Waals surface area contributed by atoms with E-state index in [0.717, 1.165) is 19.4 Å². The average Bonchev–Trinajstić information content (AvgIpc) is 2.97. The van der Waals surface area contributed by atoms with Gasteiger partial charge in [0, 0.05) is 12.2 Å². The second-order valence-corrected chi connectivity index (χ2v) is 5.08. The van der Waals surface area contributed by atoms with E-state index in [4.69, 9.17) is 14.3 Å². The zero-order chi connectivity index (χ0) is 14.7. The van der Waals surface area contributed by atoms with E-state index in [1.54, 1.807) is 12.1 Å². The lowest BCUT2D eigenvalue weighted by Gasteiger charge is -2.20. The van der Waals surface area contributed by atoms with Crippen molar-refractivity contribution in [1.82, 2.24) is 10.2 Å². The van der Waals surface area contributed by atoms with Gasteiger partial charge in [-0.3, -0.25) is 0 Å². The second kappa shape index (κ2) is 6.05. The lowest BCUT2D eigenvalue weighted by Crippen LogP contribution is -2.21. The normalized spacial score (nSPS) is 18.6. The van der Waals surface area contributed by atoms with E-state index in [1.807, 2.05) is 0 Å². The van der Waals surface area contributed by atoms with Crippen molar-refractivity contribution < 1.29 is 19.1 Å². The van der Waals surface area contributed by atoms with Crippen LogP contribution in [0.5, 0.6) is 0 Å². The molecule has 2 heterocycles. The van der Waals surface area contributed by atoms with Gasteiger partial charge in [-0.1, -0.05) is 0 Å². The molecule has 0 radical (unpaired) electrons. The molecular formula is C15H16N2O4. The minimum atomic E-state index is -0.956. The molecule has 21 heavy (non-hydrogen) atoms. The van der Waals surface area contributed by atoms with Gasteiger partial charge < -0.3 is 14.3 Å². The third-order valence-electron chi connectivity index (χ3n) is 3.52. The van der Waals surface area contributed by atoms with E-state index >= 15 is 0 Å². The first-order valence-corrected chi connectivity index (χ1v) is 7.00. The zero-order valence-electron chi connectivity index (χ0n) is 11.5. The quantitative estimate of drug-likeness (QED) is 0.930. The number of carbonyl (C=O) groups is 1. The lowest BCUT2D eigenvalue weighted by molar-refractivity contribution is 0.0132. The maximum atomic E-state index is 10.8. The topological polar surface area (TPSA) is 85.5 Å². The predicted octanol–water partition coefficient (Wildman–Crippen LogP) is 2.55. The minimum Gasteiger partial charge on any atom is -0.478 e. The monoisotopic (exact) mass is 288 g/mol. The Kier molecular flexibility index (Phi) is 3.96. The summed E-state index contributed by atoms with van der Waals surface area (Å²) in [4.78, 5) is 10.8. The van der Waals surface area contributed by atoms with Crippen LogP contribution in [0.15, 0.2) is 28.7 Å². The molecule has 1 aliphatic rings. The molecule has 1 unspecified atom stereocenters. The summed E-state index contributed by atoms with van der Waals surface area (Å²) < 4.78 is 11.3. The van der Waals surface area contributed by atoms with Crippen molar-refractivity contribution in [2.24, 2.45) is 0 Å². The predicted molar refractivity (Wildman–Crippen MR) is 74.0 cm³/mol. The average molecular weight is 288 g/mol. The van der Waals surface area contributed by atoms with E-state index in [1.165, 1.54) is 18.6 Å². The number of carboxylic acid groups (broad SMARTS) is 1. The highest BCUT2D eigenvalue weighted by Gasteiger charge is 2.18. The SMILES string of the molecule is O=C(O)c1ccc(-c2nnc(CC3CCCCO3)o2)cc1. The summed E-state index contributed by atoms with van der Waals surface area (Å²) in [6.45, 7) is 0.794. The molecule has 1 N–H and O–H groups in total. The summed E-state index contributed by atoms with van der Waals surface area (Å²) in [7, 11) is 0. The van der Waals surface area contributed by atoms with Crippen LogP contribution >= 0.6 is 0 Å². The summed E-state index contributed by atoms with van der Waals surface area (Å²) in [6.07, 6.45) is 4.08. The van der Waals surface area contributed by atoms with Gasteiger partial charge in [0.15, 0.2) is 0 Å². The van der Waals surface area contributed by atoms with Gasteiger partial charge in [-0.05, 0) is 43.5 Å². The van der Waals surface area contributed by atoms with Crippen LogP contribution in [0.1, 0.15) is 35.5 Å². The van der Waals surface area contributed by atoms with Gasteiger partial charge >= 0.3 is 5.97 Å². The third-order valence-corrected chi connectivity index (χ3v) is 3.52. The highest BCUT2D eigenvalue weighted by atomic mass is 16.5. The van der Waals surface area contributed by atoms with E-state index in [0.29, 0.717) is 23.8 Å². The standard InChI is InChI=1S/C15H16N2O4/c18-15(19)11-6-4-10(5-7-11)14-17-16-13(21-14)9-12-3-1-2-8-20-12/h4-7,12H,1-3,8-9H2,(H,18,19). The summed E-state index contributed by atoms with van der Waals surface area (Å²) >= 11 is 0. The largest absolute Gasteiger partial charge is 0.478 e. The minimum absolute atomic E-state index is 0.154. The third kappa shape index (κ3) is 3.28. The van der Waals surface area contributed by atoms with Crippen LogP contribution in [0, 0.1) is 0 Å². The zero-order valence-corrected chi connectivity index (χ0v) is 11.5. The fraction of sp³-hybridized carbons (Fsp3) is 0.400. The summed E-state index contributed by atoms with van der Waals surface area (Å²) in [5.74, 6) is -0.000764. The van der Waals surface area contributed by atoms with Crippen molar-refractivity contribution in [1.29, 1.82) is 0 Å². The van der Waals surface area contributed by atoms with E-state index < -0.39 is 5.97 Å². The number of benzene rings is 1. The molecule has 0 aliphatic carbocycles. The summed E-state index contributed by atoms with van der Waals surface area (Å²) in [6, 6.07) is 6.37. The number of rotatable bonds is 4. The first-order valence-electron chi connectivity index (χ1n) is 7.00. The van der Waals surface area contributed by atoms with E-state index in [-0.39, 0.29) is 11.7 Å². The fourth-order valence-corrected chi connectivity index (χ4v) is 2.37. The molecule has 1 fully saturated rings. The molecule has 1 aromatic carbocycles.